The van der Waals surface area contributed by atoms with Crippen LogP contribution in [-0.4, -0.2) is 48.9 Å². The average molecular weight is 384 g/mol. The molecule has 2 amide bonds. The van der Waals surface area contributed by atoms with Crippen LogP contribution in [0, 0.1) is 12.8 Å². The number of rotatable bonds is 5. The second-order valence-electron chi connectivity index (χ2n) is 7.22. The molecule has 2 N–H and O–H groups in total. The van der Waals surface area contributed by atoms with E-state index in [2.05, 4.69) is 10.6 Å². The summed E-state index contributed by atoms with van der Waals surface area (Å²) in [4.78, 5) is 26.7. The standard InChI is InChI=1S/C19H29N3O3.ClH/c1-3-16-13(2)10-17(25-16)19(24)22-9-5-6-14(12-22)11-21-18(23)15-7-4-8-20-15;/h10,14-15,20H,3-9,11-12H2,1-2H3,(H,21,23);1H. The quantitative estimate of drug-likeness (QED) is 0.818. The summed E-state index contributed by atoms with van der Waals surface area (Å²) in [6, 6.07) is 1.80. The van der Waals surface area contributed by atoms with Crippen molar-refractivity contribution in [1.29, 1.82) is 0 Å². The van der Waals surface area contributed by atoms with Crippen LogP contribution in [0.3, 0.4) is 0 Å². The molecule has 0 bridgehead atoms. The van der Waals surface area contributed by atoms with Gasteiger partial charge in [0.25, 0.3) is 5.91 Å². The van der Waals surface area contributed by atoms with Gasteiger partial charge in [0.1, 0.15) is 5.76 Å². The average Bonchev–Trinajstić information content (AvgIpc) is 3.29. The van der Waals surface area contributed by atoms with Crippen LogP contribution in [0.1, 0.15) is 54.5 Å². The van der Waals surface area contributed by atoms with Gasteiger partial charge < -0.3 is 20.0 Å². The van der Waals surface area contributed by atoms with E-state index < -0.39 is 0 Å². The Hall–Kier alpha value is -1.53. The lowest BCUT2D eigenvalue weighted by atomic mass is 9.97. The lowest BCUT2D eigenvalue weighted by Crippen LogP contribution is -2.46. The second kappa shape index (κ2) is 9.42. The molecule has 0 radical (unpaired) electrons. The number of halogens is 1. The molecule has 146 valence electrons. The summed E-state index contributed by atoms with van der Waals surface area (Å²) in [5.41, 5.74) is 1.04. The molecule has 2 atom stereocenters. The Bertz CT molecular complexity index is 626. The molecule has 2 aliphatic heterocycles. The minimum absolute atomic E-state index is 0. The lowest BCUT2D eigenvalue weighted by molar-refractivity contribution is -0.123. The first kappa shape index (κ1) is 20.8. The number of piperidine rings is 1. The number of hydrogen-bond acceptors (Lipinski definition) is 4. The highest BCUT2D eigenvalue weighted by Crippen LogP contribution is 2.21. The predicted octanol–water partition coefficient (Wildman–Crippen LogP) is 2.29. The van der Waals surface area contributed by atoms with E-state index in [-0.39, 0.29) is 30.3 Å². The summed E-state index contributed by atoms with van der Waals surface area (Å²) in [6.45, 7) is 7.00. The molecule has 0 saturated carbocycles. The molecule has 2 aliphatic rings. The Labute approximate surface area is 161 Å². The second-order valence-corrected chi connectivity index (χ2v) is 7.22. The van der Waals surface area contributed by atoms with Gasteiger partial charge >= 0.3 is 0 Å². The predicted molar refractivity (Wildman–Crippen MR) is 103 cm³/mol. The molecular weight excluding hydrogens is 354 g/mol. The first-order chi connectivity index (χ1) is 12.1. The monoisotopic (exact) mass is 383 g/mol. The van der Waals surface area contributed by atoms with Gasteiger partial charge in [0, 0.05) is 26.1 Å². The van der Waals surface area contributed by atoms with E-state index in [1.54, 1.807) is 0 Å². The van der Waals surface area contributed by atoms with Crippen LogP contribution in [0.4, 0.5) is 0 Å². The maximum atomic E-state index is 12.7. The van der Waals surface area contributed by atoms with Gasteiger partial charge in [0.05, 0.1) is 6.04 Å². The molecule has 26 heavy (non-hydrogen) atoms. The van der Waals surface area contributed by atoms with Gasteiger partial charge in [0.2, 0.25) is 5.91 Å². The van der Waals surface area contributed by atoms with E-state index in [0.29, 0.717) is 24.8 Å². The first-order valence-electron chi connectivity index (χ1n) is 9.48. The largest absolute Gasteiger partial charge is 0.456 e. The molecule has 2 fully saturated rings. The van der Waals surface area contributed by atoms with Crippen molar-refractivity contribution in [2.45, 2.75) is 52.0 Å². The highest BCUT2D eigenvalue weighted by Gasteiger charge is 2.28. The van der Waals surface area contributed by atoms with E-state index in [1.165, 1.54) is 0 Å². The summed E-state index contributed by atoms with van der Waals surface area (Å²) in [5.74, 6) is 1.69. The molecule has 1 aromatic heterocycles. The fourth-order valence-corrected chi connectivity index (χ4v) is 3.82. The molecule has 2 unspecified atom stereocenters. The van der Waals surface area contributed by atoms with Crippen LogP contribution in [0.2, 0.25) is 0 Å². The summed E-state index contributed by atoms with van der Waals surface area (Å²) in [6.07, 6.45) is 4.78. The van der Waals surface area contributed by atoms with Crippen LogP contribution in [0.5, 0.6) is 0 Å². The Balaban J connectivity index is 0.00000243. The van der Waals surface area contributed by atoms with Crippen LogP contribution in [-0.2, 0) is 11.2 Å². The van der Waals surface area contributed by atoms with Gasteiger partial charge in [-0.1, -0.05) is 6.92 Å². The van der Waals surface area contributed by atoms with Crippen molar-refractivity contribution < 1.29 is 14.0 Å². The van der Waals surface area contributed by atoms with Crippen molar-refractivity contribution in [3.63, 3.8) is 0 Å². The normalized spacial score (nSPS) is 22.8. The fourth-order valence-electron chi connectivity index (χ4n) is 3.82. The number of carbonyl (C=O) groups is 2. The molecule has 6 nitrogen and oxygen atoms in total. The number of amides is 2. The minimum atomic E-state index is -0.0418. The molecule has 0 aliphatic carbocycles. The summed E-state index contributed by atoms with van der Waals surface area (Å²) >= 11 is 0. The van der Waals surface area contributed by atoms with Crippen molar-refractivity contribution in [3.05, 3.63) is 23.2 Å². The van der Waals surface area contributed by atoms with Crippen molar-refractivity contribution in [3.8, 4) is 0 Å². The minimum Gasteiger partial charge on any atom is -0.456 e. The van der Waals surface area contributed by atoms with Crippen LogP contribution in [0.25, 0.3) is 0 Å². The maximum absolute atomic E-state index is 12.7. The molecule has 0 aromatic carbocycles. The molecule has 2 saturated heterocycles. The van der Waals surface area contributed by atoms with E-state index in [0.717, 1.165) is 56.5 Å². The number of likely N-dealkylation sites (tertiary alicyclic amines) is 1. The Morgan fingerprint density at radius 1 is 1.35 bits per heavy atom. The van der Waals surface area contributed by atoms with Crippen LogP contribution >= 0.6 is 12.4 Å². The van der Waals surface area contributed by atoms with E-state index >= 15 is 0 Å². The zero-order valence-corrected chi connectivity index (χ0v) is 16.5. The SMILES string of the molecule is CCc1oc(C(=O)N2CCCC(CNC(=O)C3CCCN3)C2)cc1C.Cl. The van der Waals surface area contributed by atoms with Crippen LogP contribution in [0.15, 0.2) is 10.5 Å². The Kier molecular flexibility index (Phi) is 7.53. The van der Waals surface area contributed by atoms with Crippen LogP contribution < -0.4 is 10.6 Å². The number of nitrogens with one attached hydrogen (secondary N) is 2. The smallest absolute Gasteiger partial charge is 0.289 e. The van der Waals surface area contributed by atoms with Gasteiger partial charge in [-0.2, -0.15) is 0 Å². The third kappa shape index (κ3) is 4.80. The van der Waals surface area contributed by atoms with Gasteiger partial charge in [-0.15, -0.1) is 12.4 Å². The van der Waals surface area contributed by atoms with E-state index in [9.17, 15) is 9.59 Å². The number of carbonyl (C=O) groups excluding carboxylic acids is 2. The van der Waals surface area contributed by atoms with Gasteiger partial charge in [-0.3, -0.25) is 9.59 Å². The van der Waals surface area contributed by atoms with E-state index in [4.69, 9.17) is 4.42 Å². The molecule has 7 heteroatoms. The molecular formula is C19H30ClN3O3. The molecule has 3 heterocycles. The van der Waals surface area contributed by atoms with Crippen molar-refractivity contribution in [1.82, 2.24) is 15.5 Å². The van der Waals surface area contributed by atoms with Gasteiger partial charge in [0.15, 0.2) is 5.76 Å². The third-order valence-corrected chi connectivity index (χ3v) is 5.30. The van der Waals surface area contributed by atoms with Gasteiger partial charge in [-0.05, 0) is 56.7 Å². The Morgan fingerprint density at radius 2 is 2.15 bits per heavy atom. The summed E-state index contributed by atoms with van der Waals surface area (Å²) in [7, 11) is 0. The third-order valence-electron chi connectivity index (χ3n) is 5.30. The van der Waals surface area contributed by atoms with Crippen molar-refractivity contribution in [2.75, 3.05) is 26.2 Å². The molecule has 3 rings (SSSR count). The zero-order valence-electron chi connectivity index (χ0n) is 15.7. The lowest BCUT2D eigenvalue weighted by Gasteiger charge is -2.32. The summed E-state index contributed by atoms with van der Waals surface area (Å²) < 4.78 is 5.71. The molecule has 0 spiro atoms. The summed E-state index contributed by atoms with van der Waals surface area (Å²) in [5, 5.41) is 6.27. The maximum Gasteiger partial charge on any atom is 0.289 e. The van der Waals surface area contributed by atoms with Crippen molar-refractivity contribution >= 4 is 24.2 Å². The number of nitrogens with zero attached hydrogens (tertiary/aromatic N) is 1. The molecule has 1 aromatic rings. The number of aryl methyl sites for hydroxylation is 2. The van der Waals surface area contributed by atoms with Crippen molar-refractivity contribution in [2.24, 2.45) is 5.92 Å². The topological polar surface area (TPSA) is 74.6 Å². The number of hydrogen-bond donors (Lipinski definition) is 2. The zero-order chi connectivity index (χ0) is 17.8. The number of furan rings is 1. The highest BCUT2D eigenvalue weighted by atomic mass is 35.5. The highest BCUT2D eigenvalue weighted by molar-refractivity contribution is 5.92. The van der Waals surface area contributed by atoms with Gasteiger partial charge in [-0.25, -0.2) is 0 Å². The Morgan fingerprint density at radius 3 is 2.81 bits per heavy atom. The first-order valence-corrected chi connectivity index (χ1v) is 9.48. The van der Waals surface area contributed by atoms with E-state index in [1.807, 2.05) is 24.8 Å². The fraction of sp³-hybridized carbons (Fsp3) is 0.684.